The Bertz CT molecular complexity index is 799. The van der Waals surface area contributed by atoms with Gasteiger partial charge in [0.15, 0.2) is 0 Å². The highest BCUT2D eigenvalue weighted by atomic mass is 32.1. The van der Waals surface area contributed by atoms with Gasteiger partial charge in [0.1, 0.15) is 18.1 Å². The Morgan fingerprint density at radius 1 is 1.06 bits per heavy atom. The molecule has 1 saturated heterocycles. The van der Waals surface area contributed by atoms with Gasteiger partial charge in [0.25, 0.3) is 0 Å². The molecule has 176 valence electrons. The molecule has 5 N–H and O–H groups in total. The molecule has 0 spiro atoms. The van der Waals surface area contributed by atoms with Gasteiger partial charge in [-0.25, -0.2) is 4.79 Å². The molecule has 1 aromatic carbocycles. The van der Waals surface area contributed by atoms with Crippen LogP contribution in [0.25, 0.3) is 0 Å². The van der Waals surface area contributed by atoms with E-state index in [1.807, 2.05) is 30.3 Å². The molecule has 0 aliphatic carbocycles. The van der Waals surface area contributed by atoms with Gasteiger partial charge in [0.2, 0.25) is 17.7 Å². The Morgan fingerprint density at radius 2 is 1.72 bits per heavy atom. The van der Waals surface area contributed by atoms with Crippen LogP contribution >= 0.6 is 12.6 Å². The van der Waals surface area contributed by atoms with Crippen LogP contribution in [0.4, 0.5) is 0 Å². The van der Waals surface area contributed by atoms with Crippen LogP contribution in [-0.4, -0.2) is 65.3 Å². The zero-order valence-corrected chi connectivity index (χ0v) is 19.2. The van der Waals surface area contributed by atoms with Gasteiger partial charge in [0.05, 0.1) is 6.04 Å². The molecule has 1 aliphatic heterocycles. The average molecular weight is 465 g/mol. The lowest BCUT2D eigenvalue weighted by atomic mass is 10.0. The predicted molar refractivity (Wildman–Crippen MR) is 123 cm³/mol. The molecule has 2 rings (SSSR count). The number of thiol groups is 1. The Morgan fingerprint density at radius 3 is 2.25 bits per heavy atom. The van der Waals surface area contributed by atoms with Crippen LogP contribution in [0.5, 0.6) is 0 Å². The van der Waals surface area contributed by atoms with E-state index in [1.54, 1.807) is 13.8 Å². The first kappa shape index (κ1) is 25.7. The summed E-state index contributed by atoms with van der Waals surface area (Å²) >= 11 is 4.14. The van der Waals surface area contributed by atoms with Crippen molar-refractivity contribution in [1.29, 1.82) is 0 Å². The monoisotopic (exact) mass is 464 g/mol. The first-order chi connectivity index (χ1) is 15.2. The predicted octanol–water partition coefficient (Wildman–Crippen LogP) is 0.106. The first-order valence-corrected chi connectivity index (χ1v) is 11.4. The Hall–Kier alpha value is -2.59. The number of carbonyl (C=O) groups is 4. The van der Waals surface area contributed by atoms with Gasteiger partial charge in [-0.15, -0.1) is 0 Å². The van der Waals surface area contributed by atoms with Crippen LogP contribution in [0, 0.1) is 5.92 Å². The first-order valence-electron chi connectivity index (χ1n) is 10.7. The fourth-order valence-electron chi connectivity index (χ4n) is 3.47. The minimum absolute atomic E-state index is 0.0296. The number of carbonyl (C=O) groups excluding carboxylic acids is 3. The van der Waals surface area contributed by atoms with Crippen LogP contribution in [0.2, 0.25) is 0 Å². The molecule has 1 heterocycles. The van der Waals surface area contributed by atoms with Gasteiger partial charge in [-0.1, -0.05) is 44.2 Å². The number of nitrogens with one attached hydrogen (secondary N) is 4. The second-order valence-corrected chi connectivity index (χ2v) is 8.58. The van der Waals surface area contributed by atoms with Crippen LogP contribution in [0.1, 0.15) is 32.3 Å². The summed E-state index contributed by atoms with van der Waals surface area (Å²) in [5.41, 5.74) is 0.852. The highest BCUT2D eigenvalue weighted by Gasteiger charge is 2.31. The molecular formula is C22H32N4O5S. The van der Waals surface area contributed by atoms with Gasteiger partial charge < -0.3 is 26.4 Å². The van der Waals surface area contributed by atoms with Gasteiger partial charge in [0, 0.05) is 12.2 Å². The van der Waals surface area contributed by atoms with E-state index in [1.165, 1.54) is 0 Å². The number of benzene rings is 1. The third kappa shape index (κ3) is 7.52. The highest BCUT2D eigenvalue weighted by molar-refractivity contribution is 7.80. The Kier molecular flexibility index (Phi) is 9.98. The molecule has 4 atom stereocenters. The molecule has 9 nitrogen and oxygen atoms in total. The van der Waals surface area contributed by atoms with Crippen molar-refractivity contribution < 1.29 is 24.3 Å². The van der Waals surface area contributed by atoms with Gasteiger partial charge in [-0.05, 0) is 30.9 Å². The number of hydrogen-bond acceptors (Lipinski definition) is 6. The van der Waals surface area contributed by atoms with Crippen molar-refractivity contribution in [3.05, 3.63) is 35.9 Å². The summed E-state index contributed by atoms with van der Waals surface area (Å²) in [7, 11) is 0. The van der Waals surface area contributed by atoms with E-state index in [2.05, 4.69) is 33.9 Å². The molecule has 0 aromatic heterocycles. The van der Waals surface area contributed by atoms with Crippen molar-refractivity contribution >= 4 is 36.3 Å². The normalized spacial score (nSPS) is 18.4. The summed E-state index contributed by atoms with van der Waals surface area (Å²) in [4.78, 5) is 49.7. The maximum atomic E-state index is 13.0. The van der Waals surface area contributed by atoms with Gasteiger partial charge in [-0.3, -0.25) is 14.4 Å². The van der Waals surface area contributed by atoms with E-state index in [-0.39, 0.29) is 30.0 Å². The number of carboxylic acid groups (broad SMARTS) is 1. The van der Waals surface area contributed by atoms with Crippen molar-refractivity contribution in [1.82, 2.24) is 21.3 Å². The van der Waals surface area contributed by atoms with Crippen molar-refractivity contribution in [2.45, 2.75) is 57.3 Å². The number of carboxylic acids is 1. The van der Waals surface area contributed by atoms with E-state index >= 15 is 0 Å². The van der Waals surface area contributed by atoms with Gasteiger partial charge in [-0.2, -0.15) is 12.6 Å². The quantitative estimate of drug-likeness (QED) is 0.257. The molecule has 0 bridgehead atoms. The van der Waals surface area contributed by atoms with E-state index in [9.17, 15) is 24.3 Å². The third-order valence-electron chi connectivity index (χ3n) is 5.34. The lowest BCUT2D eigenvalue weighted by molar-refractivity contribution is -0.143. The zero-order valence-electron chi connectivity index (χ0n) is 18.3. The van der Waals surface area contributed by atoms with Crippen LogP contribution in [0.15, 0.2) is 30.3 Å². The maximum Gasteiger partial charge on any atom is 0.326 e. The SMILES string of the molecule is CC(C)C(NC(=O)C(CS)NC(=O)C(Cc1ccccc1)NC(=O)C1CCCN1)C(=O)O. The van der Waals surface area contributed by atoms with E-state index in [0.29, 0.717) is 6.42 Å². The summed E-state index contributed by atoms with van der Waals surface area (Å²) in [6.45, 7) is 4.10. The molecule has 1 aromatic rings. The van der Waals surface area contributed by atoms with Crippen molar-refractivity contribution in [2.24, 2.45) is 5.92 Å². The molecule has 4 unspecified atom stereocenters. The minimum atomic E-state index is -1.16. The Labute approximate surface area is 193 Å². The van der Waals surface area contributed by atoms with Gasteiger partial charge >= 0.3 is 5.97 Å². The molecule has 0 radical (unpaired) electrons. The minimum Gasteiger partial charge on any atom is -0.480 e. The second-order valence-electron chi connectivity index (χ2n) is 8.21. The molecule has 32 heavy (non-hydrogen) atoms. The third-order valence-corrected chi connectivity index (χ3v) is 5.70. The fraction of sp³-hybridized carbons (Fsp3) is 0.545. The van der Waals surface area contributed by atoms with E-state index in [4.69, 9.17) is 0 Å². The molecule has 1 fully saturated rings. The second kappa shape index (κ2) is 12.4. The zero-order chi connectivity index (χ0) is 23.7. The average Bonchev–Trinajstić information content (AvgIpc) is 3.30. The van der Waals surface area contributed by atoms with E-state index < -0.39 is 35.9 Å². The molecule has 0 saturated carbocycles. The lowest BCUT2D eigenvalue weighted by Gasteiger charge is -2.25. The highest BCUT2D eigenvalue weighted by Crippen LogP contribution is 2.09. The van der Waals surface area contributed by atoms with E-state index in [0.717, 1.165) is 18.5 Å². The number of aliphatic carboxylic acids is 1. The van der Waals surface area contributed by atoms with Crippen molar-refractivity contribution in [3.8, 4) is 0 Å². The topological polar surface area (TPSA) is 137 Å². The number of rotatable bonds is 11. The van der Waals surface area contributed by atoms with Crippen molar-refractivity contribution in [2.75, 3.05) is 12.3 Å². The van der Waals surface area contributed by atoms with Crippen LogP contribution in [-0.2, 0) is 25.6 Å². The van der Waals surface area contributed by atoms with Crippen molar-refractivity contribution in [3.63, 3.8) is 0 Å². The smallest absolute Gasteiger partial charge is 0.326 e. The summed E-state index contributed by atoms with van der Waals surface area (Å²) in [6, 6.07) is 5.84. The van der Waals surface area contributed by atoms with Crippen LogP contribution < -0.4 is 21.3 Å². The number of amides is 3. The summed E-state index contributed by atoms with van der Waals surface area (Å²) in [5, 5.41) is 20.3. The number of hydrogen-bond donors (Lipinski definition) is 6. The summed E-state index contributed by atoms with van der Waals surface area (Å²) < 4.78 is 0. The fourth-order valence-corrected chi connectivity index (χ4v) is 3.73. The molecule has 10 heteroatoms. The van der Waals surface area contributed by atoms with Crippen LogP contribution in [0.3, 0.4) is 0 Å². The molecule has 3 amide bonds. The molecular weight excluding hydrogens is 432 g/mol. The molecule has 1 aliphatic rings. The lowest BCUT2D eigenvalue weighted by Crippen LogP contribution is -2.58. The summed E-state index contributed by atoms with van der Waals surface area (Å²) in [5.74, 6) is -2.97. The Balaban J connectivity index is 2.10. The summed E-state index contributed by atoms with van der Waals surface area (Å²) in [6.07, 6.45) is 1.82. The largest absolute Gasteiger partial charge is 0.480 e. The standard InChI is InChI=1S/C22H32N4O5S/c1-13(2)18(22(30)31)26-21(29)17(12-32)25-20(28)16(11-14-7-4-3-5-8-14)24-19(27)15-9-6-10-23-15/h3-5,7-8,13,15-18,23,32H,6,9-12H2,1-2H3,(H,24,27)(H,25,28)(H,26,29)(H,30,31). The maximum absolute atomic E-state index is 13.0.